The summed E-state index contributed by atoms with van der Waals surface area (Å²) < 4.78 is 13.4. The summed E-state index contributed by atoms with van der Waals surface area (Å²) in [6.45, 7) is 3.98. The summed E-state index contributed by atoms with van der Waals surface area (Å²) in [5.41, 5.74) is 7.54. The van der Waals surface area contributed by atoms with Gasteiger partial charge in [0.2, 0.25) is 0 Å². The molecule has 0 amide bonds. The van der Waals surface area contributed by atoms with Crippen LogP contribution in [-0.2, 0) is 6.42 Å². The molecule has 13 heavy (non-hydrogen) atoms. The summed E-state index contributed by atoms with van der Waals surface area (Å²) in [6.07, 6.45) is 1.61. The zero-order valence-electron chi connectivity index (χ0n) is 8.18. The van der Waals surface area contributed by atoms with Gasteiger partial charge in [0.1, 0.15) is 5.82 Å². The van der Waals surface area contributed by atoms with E-state index in [4.69, 9.17) is 5.73 Å². The van der Waals surface area contributed by atoms with Crippen LogP contribution in [0.15, 0.2) is 18.2 Å². The highest BCUT2D eigenvalue weighted by molar-refractivity contribution is 5.31. The lowest BCUT2D eigenvalue weighted by molar-refractivity contribution is 0.570. The third kappa shape index (κ3) is 2.07. The average Bonchev–Trinajstić information content (AvgIpc) is 2.16. The lowest BCUT2D eigenvalue weighted by Gasteiger charge is -2.14. The van der Waals surface area contributed by atoms with Crippen molar-refractivity contribution in [2.45, 2.75) is 32.7 Å². The molecule has 0 spiro atoms. The van der Waals surface area contributed by atoms with Gasteiger partial charge in [0.05, 0.1) is 0 Å². The van der Waals surface area contributed by atoms with E-state index in [0.717, 1.165) is 18.4 Å². The second-order valence-corrected chi connectivity index (χ2v) is 3.18. The largest absolute Gasteiger partial charge is 0.324 e. The molecule has 2 heteroatoms. The molecule has 0 aliphatic carbocycles. The summed E-state index contributed by atoms with van der Waals surface area (Å²) in [5, 5.41) is 0. The van der Waals surface area contributed by atoms with Gasteiger partial charge in [-0.3, -0.25) is 0 Å². The number of hydrogen-bond acceptors (Lipinski definition) is 1. The van der Waals surface area contributed by atoms with Crippen molar-refractivity contribution in [3.63, 3.8) is 0 Å². The van der Waals surface area contributed by atoms with Gasteiger partial charge in [-0.2, -0.15) is 0 Å². The third-order valence-corrected chi connectivity index (χ3v) is 2.33. The van der Waals surface area contributed by atoms with Crippen LogP contribution in [0.3, 0.4) is 0 Å². The Bertz CT molecular complexity index is 283. The first-order valence-corrected chi connectivity index (χ1v) is 4.73. The first-order valence-electron chi connectivity index (χ1n) is 4.73. The molecule has 1 aromatic carbocycles. The monoisotopic (exact) mass is 181 g/mol. The molecule has 72 valence electrons. The maximum Gasteiger partial charge on any atom is 0.128 e. The van der Waals surface area contributed by atoms with E-state index in [1.54, 1.807) is 6.07 Å². The van der Waals surface area contributed by atoms with Gasteiger partial charge in [-0.05, 0) is 24.5 Å². The lowest BCUT2D eigenvalue weighted by Crippen LogP contribution is -2.13. The Morgan fingerprint density at radius 2 is 2.08 bits per heavy atom. The molecule has 0 radical (unpaired) electrons. The molecule has 0 saturated heterocycles. The van der Waals surface area contributed by atoms with Crippen LogP contribution in [0.25, 0.3) is 0 Å². The summed E-state index contributed by atoms with van der Waals surface area (Å²) in [7, 11) is 0. The van der Waals surface area contributed by atoms with Gasteiger partial charge < -0.3 is 5.73 Å². The second-order valence-electron chi connectivity index (χ2n) is 3.18. The second kappa shape index (κ2) is 4.38. The molecule has 0 aliphatic heterocycles. The van der Waals surface area contributed by atoms with Crippen LogP contribution in [0, 0.1) is 5.82 Å². The van der Waals surface area contributed by atoms with E-state index in [-0.39, 0.29) is 11.9 Å². The molecule has 0 aliphatic rings. The summed E-state index contributed by atoms with van der Waals surface area (Å²) in [4.78, 5) is 0. The fraction of sp³-hybridized carbons (Fsp3) is 0.455. The minimum Gasteiger partial charge on any atom is -0.324 e. The maximum absolute atomic E-state index is 13.4. The van der Waals surface area contributed by atoms with Crippen LogP contribution in [0.5, 0.6) is 0 Å². The molecule has 2 N–H and O–H groups in total. The molecule has 1 rings (SSSR count). The highest BCUT2D eigenvalue weighted by Gasteiger charge is 2.12. The van der Waals surface area contributed by atoms with Crippen LogP contribution >= 0.6 is 0 Å². The first-order chi connectivity index (χ1) is 6.20. The topological polar surface area (TPSA) is 26.0 Å². The Balaban J connectivity index is 3.14. The minimum atomic E-state index is -0.172. The number of nitrogens with two attached hydrogens (primary N) is 1. The maximum atomic E-state index is 13.4. The fourth-order valence-electron chi connectivity index (χ4n) is 1.51. The molecular weight excluding hydrogens is 165 g/mol. The smallest absolute Gasteiger partial charge is 0.128 e. The molecule has 1 nitrogen and oxygen atoms in total. The van der Waals surface area contributed by atoms with Crippen molar-refractivity contribution in [2.75, 3.05) is 0 Å². The zero-order chi connectivity index (χ0) is 9.84. The Labute approximate surface area is 78.8 Å². The van der Waals surface area contributed by atoms with Gasteiger partial charge in [-0.15, -0.1) is 0 Å². The highest BCUT2D eigenvalue weighted by atomic mass is 19.1. The third-order valence-electron chi connectivity index (χ3n) is 2.33. The number of aryl methyl sites for hydroxylation is 1. The van der Waals surface area contributed by atoms with E-state index >= 15 is 0 Å². The van der Waals surface area contributed by atoms with Gasteiger partial charge >= 0.3 is 0 Å². The molecule has 0 saturated carbocycles. The number of hydrogen-bond donors (Lipinski definition) is 1. The molecule has 0 fully saturated rings. The van der Waals surface area contributed by atoms with Gasteiger partial charge in [-0.25, -0.2) is 4.39 Å². The Hall–Kier alpha value is -0.890. The molecular formula is C11H16FN. The number of rotatable bonds is 3. The predicted molar refractivity (Wildman–Crippen MR) is 53.0 cm³/mol. The van der Waals surface area contributed by atoms with Gasteiger partial charge in [-0.1, -0.05) is 26.0 Å². The quantitative estimate of drug-likeness (QED) is 0.762. The standard InChI is InChI=1S/C11H16FN/c1-3-8-6-5-7-9(12)11(8)10(13)4-2/h5-7,10H,3-4,13H2,1-2H3/t10-/m0/s1. The van der Waals surface area contributed by atoms with E-state index in [9.17, 15) is 4.39 Å². The first kappa shape index (κ1) is 10.2. The van der Waals surface area contributed by atoms with Crippen molar-refractivity contribution in [1.82, 2.24) is 0 Å². The van der Waals surface area contributed by atoms with Crippen molar-refractivity contribution in [1.29, 1.82) is 0 Å². The zero-order valence-corrected chi connectivity index (χ0v) is 8.18. The summed E-state index contributed by atoms with van der Waals surface area (Å²) >= 11 is 0. The van der Waals surface area contributed by atoms with E-state index in [2.05, 4.69) is 0 Å². The van der Waals surface area contributed by atoms with E-state index in [1.807, 2.05) is 19.9 Å². The average molecular weight is 181 g/mol. The molecule has 0 heterocycles. The molecule has 0 unspecified atom stereocenters. The Kier molecular flexibility index (Phi) is 3.43. The molecule has 1 atom stereocenters. The number of halogens is 1. The lowest BCUT2D eigenvalue weighted by atomic mass is 9.97. The van der Waals surface area contributed by atoms with Crippen molar-refractivity contribution in [3.05, 3.63) is 35.1 Å². The Morgan fingerprint density at radius 1 is 1.38 bits per heavy atom. The van der Waals surface area contributed by atoms with Crippen LogP contribution < -0.4 is 5.73 Å². The SMILES string of the molecule is CCc1cccc(F)c1[C@@H](N)CC. The minimum absolute atomic E-state index is 0.170. The summed E-state index contributed by atoms with van der Waals surface area (Å²) in [6, 6.07) is 4.98. The number of benzene rings is 1. The Morgan fingerprint density at radius 3 is 2.62 bits per heavy atom. The molecule has 0 bridgehead atoms. The van der Waals surface area contributed by atoms with Gasteiger partial charge in [0.25, 0.3) is 0 Å². The van der Waals surface area contributed by atoms with Crippen LogP contribution in [0.2, 0.25) is 0 Å². The van der Waals surface area contributed by atoms with E-state index < -0.39 is 0 Å². The van der Waals surface area contributed by atoms with Gasteiger partial charge in [0.15, 0.2) is 0 Å². The molecule has 1 aromatic rings. The molecule has 0 aromatic heterocycles. The fourth-order valence-corrected chi connectivity index (χ4v) is 1.51. The van der Waals surface area contributed by atoms with Crippen LogP contribution in [0.1, 0.15) is 37.4 Å². The van der Waals surface area contributed by atoms with Crippen LogP contribution in [0.4, 0.5) is 4.39 Å². The van der Waals surface area contributed by atoms with Crippen molar-refractivity contribution >= 4 is 0 Å². The van der Waals surface area contributed by atoms with Crippen molar-refractivity contribution in [2.24, 2.45) is 5.73 Å². The highest BCUT2D eigenvalue weighted by Crippen LogP contribution is 2.22. The van der Waals surface area contributed by atoms with Crippen molar-refractivity contribution < 1.29 is 4.39 Å². The normalized spacial score (nSPS) is 12.9. The predicted octanol–water partition coefficient (Wildman–Crippen LogP) is 2.80. The summed E-state index contributed by atoms with van der Waals surface area (Å²) in [5.74, 6) is -0.172. The van der Waals surface area contributed by atoms with E-state index in [0.29, 0.717) is 5.56 Å². The van der Waals surface area contributed by atoms with Gasteiger partial charge in [0, 0.05) is 11.6 Å². The van der Waals surface area contributed by atoms with Crippen LogP contribution in [-0.4, -0.2) is 0 Å². The van der Waals surface area contributed by atoms with Crippen molar-refractivity contribution in [3.8, 4) is 0 Å². The van der Waals surface area contributed by atoms with E-state index in [1.165, 1.54) is 6.07 Å².